The zero-order chi connectivity index (χ0) is 15.4. The van der Waals surface area contributed by atoms with E-state index in [-0.39, 0.29) is 25.7 Å². The van der Waals surface area contributed by atoms with E-state index in [2.05, 4.69) is 15.9 Å². The number of hydrogen-bond donors (Lipinski definition) is 1. The molecule has 1 aliphatic rings. The third kappa shape index (κ3) is 4.33. The summed E-state index contributed by atoms with van der Waals surface area (Å²) in [7, 11) is 0. The summed E-state index contributed by atoms with van der Waals surface area (Å²) in [4.78, 5) is 24.3. The molecule has 0 radical (unpaired) electrons. The predicted molar refractivity (Wildman–Crippen MR) is 78.6 cm³/mol. The van der Waals surface area contributed by atoms with Crippen LogP contribution in [-0.2, 0) is 14.3 Å². The molecule has 0 aliphatic carbocycles. The number of carbonyl (C=O) groups excluding carboxylic acids is 1. The smallest absolute Gasteiger partial charge is 0.334 e. The van der Waals surface area contributed by atoms with Gasteiger partial charge in [0.15, 0.2) is 12.7 Å². The Morgan fingerprint density at radius 1 is 1.52 bits per heavy atom. The van der Waals surface area contributed by atoms with Crippen LogP contribution in [0.2, 0.25) is 5.02 Å². The van der Waals surface area contributed by atoms with E-state index in [0.29, 0.717) is 21.8 Å². The second-order valence-corrected chi connectivity index (χ2v) is 5.69. The Bertz CT molecular complexity index is 553. The van der Waals surface area contributed by atoms with Gasteiger partial charge < -0.3 is 19.5 Å². The van der Waals surface area contributed by atoms with Gasteiger partial charge in [-0.15, -0.1) is 0 Å². The molecule has 1 unspecified atom stereocenters. The number of carbonyl (C=O) groups is 2. The number of halogens is 2. The Hall–Kier alpha value is -1.31. The van der Waals surface area contributed by atoms with Crippen molar-refractivity contribution in [2.75, 3.05) is 26.3 Å². The van der Waals surface area contributed by atoms with Gasteiger partial charge in [-0.05, 0) is 34.1 Å². The number of rotatable bonds is 4. The number of benzene rings is 1. The van der Waals surface area contributed by atoms with E-state index in [9.17, 15) is 9.59 Å². The number of amides is 1. The van der Waals surface area contributed by atoms with Crippen molar-refractivity contribution in [1.82, 2.24) is 4.90 Å². The van der Waals surface area contributed by atoms with Gasteiger partial charge in [-0.25, -0.2) is 4.79 Å². The van der Waals surface area contributed by atoms with Crippen LogP contribution >= 0.6 is 27.5 Å². The third-order valence-corrected chi connectivity index (χ3v) is 3.79. The average molecular weight is 379 g/mol. The molecule has 0 saturated carbocycles. The van der Waals surface area contributed by atoms with E-state index in [4.69, 9.17) is 26.2 Å². The van der Waals surface area contributed by atoms with Crippen LogP contribution in [0.15, 0.2) is 22.7 Å². The summed E-state index contributed by atoms with van der Waals surface area (Å²) in [5.74, 6) is -0.865. The first kappa shape index (κ1) is 16.1. The van der Waals surface area contributed by atoms with Gasteiger partial charge in [-0.2, -0.15) is 0 Å². The van der Waals surface area contributed by atoms with E-state index < -0.39 is 12.1 Å². The van der Waals surface area contributed by atoms with E-state index in [1.807, 2.05) is 0 Å². The van der Waals surface area contributed by atoms with E-state index >= 15 is 0 Å². The number of nitrogens with zero attached hydrogens (tertiary/aromatic N) is 1. The maximum atomic E-state index is 12.0. The molecule has 1 amide bonds. The van der Waals surface area contributed by atoms with Crippen LogP contribution in [0, 0.1) is 0 Å². The van der Waals surface area contributed by atoms with Gasteiger partial charge in [-0.1, -0.05) is 11.6 Å². The lowest BCUT2D eigenvalue weighted by molar-refractivity contribution is -0.159. The highest BCUT2D eigenvalue weighted by molar-refractivity contribution is 9.10. The van der Waals surface area contributed by atoms with Crippen molar-refractivity contribution in [3.8, 4) is 5.75 Å². The molecular weight excluding hydrogens is 366 g/mol. The van der Waals surface area contributed by atoms with Crippen LogP contribution in [0.5, 0.6) is 5.75 Å². The summed E-state index contributed by atoms with van der Waals surface area (Å²) in [6.45, 7) is 0.410. The SMILES string of the molecule is O=C(O)C1CN(C(=O)COc2ccc(Cl)cc2Br)CCO1. The first-order valence-electron chi connectivity index (χ1n) is 6.17. The normalized spacial score (nSPS) is 18.4. The van der Waals surface area contributed by atoms with Crippen LogP contribution in [0.4, 0.5) is 0 Å². The number of ether oxygens (including phenoxy) is 2. The summed E-state index contributed by atoms with van der Waals surface area (Å²) in [6.07, 6.45) is -0.982. The third-order valence-electron chi connectivity index (χ3n) is 2.94. The second-order valence-electron chi connectivity index (χ2n) is 4.40. The standard InChI is InChI=1S/C13H13BrClNO5/c14-9-5-8(15)1-2-10(9)21-7-12(17)16-3-4-20-11(6-16)13(18)19/h1-2,5,11H,3-4,6-7H2,(H,18,19). The molecule has 1 aromatic rings. The van der Waals surface area contributed by atoms with Gasteiger partial charge in [0.05, 0.1) is 17.6 Å². The van der Waals surface area contributed by atoms with Gasteiger partial charge in [0.1, 0.15) is 5.75 Å². The lowest BCUT2D eigenvalue weighted by Gasteiger charge is -2.30. The van der Waals surface area contributed by atoms with Crippen molar-refractivity contribution in [2.45, 2.75) is 6.10 Å². The van der Waals surface area contributed by atoms with Gasteiger partial charge in [0.25, 0.3) is 5.91 Å². The zero-order valence-corrected chi connectivity index (χ0v) is 13.3. The highest BCUT2D eigenvalue weighted by Crippen LogP contribution is 2.27. The number of morpholine rings is 1. The fraction of sp³-hybridized carbons (Fsp3) is 0.385. The maximum Gasteiger partial charge on any atom is 0.334 e. The highest BCUT2D eigenvalue weighted by Gasteiger charge is 2.29. The summed E-state index contributed by atoms with van der Waals surface area (Å²) in [5.41, 5.74) is 0. The molecule has 1 atom stereocenters. The predicted octanol–water partition coefficient (Wildman–Crippen LogP) is 1.79. The molecule has 0 spiro atoms. The molecule has 1 fully saturated rings. The maximum absolute atomic E-state index is 12.0. The van der Waals surface area contributed by atoms with Crippen LogP contribution in [-0.4, -0.2) is 54.3 Å². The van der Waals surface area contributed by atoms with Crippen LogP contribution in [0.25, 0.3) is 0 Å². The second kappa shape index (κ2) is 7.11. The minimum atomic E-state index is -1.08. The quantitative estimate of drug-likeness (QED) is 0.864. The lowest BCUT2D eigenvalue weighted by Crippen LogP contribution is -2.49. The van der Waals surface area contributed by atoms with Gasteiger partial charge >= 0.3 is 5.97 Å². The molecule has 1 N–H and O–H groups in total. The molecule has 1 saturated heterocycles. The van der Waals surface area contributed by atoms with E-state index in [0.717, 1.165) is 0 Å². The Labute approximate surface area is 134 Å². The summed E-state index contributed by atoms with van der Waals surface area (Å²) < 4.78 is 11.1. The molecule has 2 rings (SSSR count). The molecule has 21 heavy (non-hydrogen) atoms. The van der Waals surface area contributed by atoms with E-state index in [1.54, 1.807) is 18.2 Å². The summed E-state index contributed by atoms with van der Waals surface area (Å²) in [6, 6.07) is 4.97. The molecule has 0 bridgehead atoms. The number of carboxylic acids is 1. The molecule has 114 valence electrons. The molecule has 1 aliphatic heterocycles. The highest BCUT2D eigenvalue weighted by atomic mass is 79.9. The van der Waals surface area contributed by atoms with Crippen molar-refractivity contribution in [1.29, 1.82) is 0 Å². The van der Waals surface area contributed by atoms with Crippen molar-refractivity contribution in [3.05, 3.63) is 27.7 Å². The Morgan fingerprint density at radius 3 is 2.95 bits per heavy atom. The van der Waals surface area contributed by atoms with Gasteiger partial charge in [0, 0.05) is 11.6 Å². The van der Waals surface area contributed by atoms with Crippen LogP contribution < -0.4 is 4.74 Å². The zero-order valence-electron chi connectivity index (χ0n) is 10.9. The van der Waals surface area contributed by atoms with Crippen LogP contribution in [0.3, 0.4) is 0 Å². The van der Waals surface area contributed by atoms with Crippen molar-refractivity contribution in [3.63, 3.8) is 0 Å². The molecule has 8 heteroatoms. The van der Waals surface area contributed by atoms with Crippen molar-refractivity contribution in [2.24, 2.45) is 0 Å². The summed E-state index contributed by atoms with van der Waals surface area (Å²) >= 11 is 9.11. The number of hydrogen-bond acceptors (Lipinski definition) is 4. The average Bonchev–Trinajstić information content (AvgIpc) is 2.46. The number of carboxylic acid groups (broad SMARTS) is 1. The van der Waals surface area contributed by atoms with Gasteiger partial charge in [-0.3, -0.25) is 4.79 Å². The molecule has 1 aromatic carbocycles. The molecule has 6 nitrogen and oxygen atoms in total. The largest absolute Gasteiger partial charge is 0.483 e. The fourth-order valence-electron chi connectivity index (χ4n) is 1.85. The fourth-order valence-corrected chi connectivity index (χ4v) is 2.65. The van der Waals surface area contributed by atoms with Crippen molar-refractivity contribution < 1.29 is 24.2 Å². The first-order chi connectivity index (χ1) is 9.97. The van der Waals surface area contributed by atoms with Crippen LogP contribution in [0.1, 0.15) is 0 Å². The Morgan fingerprint density at radius 2 is 2.29 bits per heavy atom. The minimum absolute atomic E-state index is 0.0271. The van der Waals surface area contributed by atoms with Crippen molar-refractivity contribution >= 4 is 39.4 Å². The summed E-state index contributed by atoms with van der Waals surface area (Å²) in [5, 5.41) is 9.45. The Kier molecular flexibility index (Phi) is 5.44. The molecule has 1 heterocycles. The Balaban J connectivity index is 1.90. The first-order valence-corrected chi connectivity index (χ1v) is 7.34. The topological polar surface area (TPSA) is 76.1 Å². The number of aliphatic carboxylic acids is 1. The monoisotopic (exact) mass is 377 g/mol. The molecule has 0 aromatic heterocycles. The minimum Gasteiger partial charge on any atom is -0.483 e. The van der Waals surface area contributed by atoms with Gasteiger partial charge in [0.2, 0.25) is 0 Å². The molecular formula is C13H13BrClNO5. The lowest BCUT2D eigenvalue weighted by atomic mass is 10.2. The van der Waals surface area contributed by atoms with E-state index in [1.165, 1.54) is 4.90 Å².